The van der Waals surface area contributed by atoms with Crippen LogP contribution in [0.15, 0.2) is 28.8 Å². The highest BCUT2D eigenvalue weighted by Gasteiger charge is 2.28. The van der Waals surface area contributed by atoms with Crippen molar-refractivity contribution in [3.05, 3.63) is 47.0 Å². The van der Waals surface area contributed by atoms with Gasteiger partial charge in [-0.25, -0.2) is 4.98 Å². The Labute approximate surface area is 147 Å². The van der Waals surface area contributed by atoms with E-state index in [1.54, 1.807) is 32.2 Å². The van der Waals surface area contributed by atoms with Crippen molar-refractivity contribution in [2.75, 3.05) is 24.5 Å². The first-order valence-electron chi connectivity index (χ1n) is 8.66. The number of hydrogen-bond donors (Lipinski definition) is 2. The molecule has 3 heterocycles. The number of aryl methyl sites for hydroxylation is 2. The third kappa shape index (κ3) is 3.85. The molecule has 0 spiro atoms. The molecule has 25 heavy (non-hydrogen) atoms. The van der Waals surface area contributed by atoms with Crippen molar-refractivity contribution in [1.29, 1.82) is 0 Å². The van der Waals surface area contributed by atoms with E-state index in [1.165, 1.54) is 12.8 Å². The maximum Gasteiger partial charge on any atom is 0.252 e. The Kier molecular flexibility index (Phi) is 4.81. The van der Waals surface area contributed by atoms with E-state index in [9.17, 15) is 9.90 Å². The predicted octanol–water partition coefficient (Wildman–Crippen LogP) is 2.53. The third-order valence-corrected chi connectivity index (χ3v) is 4.65. The van der Waals surface area contributed by atoms with Gasteiger partial charge in [-0.3, -0.25) is 4.79 Å². The Morgan fingerprint density at radius 2 is 2.08 bits per heavy atom. The zero-order valence-corrected chi connectivity index (χ0v) is 15.0. The smallest absolute Gasteiger partial charge is 0.252 e. The Balaban J connectivity index is 1.62. The quantitative estimate of drug-likeness (QED) is 0.872. The van der Waals surface area contributed by atoms with Crippen LogP contribution < -0.4 is 10.2 Å². The van der Waals surface area contributed by atoms with Crippen LogP contribution in [0.25, 0.3) is 0 Å². The summed E-state index contributed by atoms with van der Waals surface area (Å²) in [6.45, 7) is 7.44. The summed E-state index contributed by atoms with van der Waals surface area (Å²) < 4.78 is 5.47. The Hall–Kier alpha value is -2.34. The number of hydrogen-bond acceptors (Lipinski definition) is 5. The molecular weight excluding hydrogens is 318 g/mol. The van der Waals surface area contributed by atoms with E-state index in [2.05, 4.69) is 15.2 Å². The van der Waals surface area contributed by atoms with Crippen LogP contribution in [-0.2, 0) is 5.60 Å². The van der Waals surface area contributed by atoms with Gasteiger partial charge >= 0.3 is 0 Å². The molecule has 1 saturated heterocycles. The van der Waals surface area contributed by atoms with Gasteiger partial charge in [0, 0.05) is 24.8 Å². The minimum Gasteiger partial charge on any atom is -0.466 e. The summed E-state index contributed by atoms with van der Waals surface area (Å²) in [4.78, 5) is 19.0. The Morgan fingerprint density at radius 3 is 2.64 bits per heavy atom. The second-order valence-corrected chi connectivity index (χ2v) is 6.88. The zero-order valence-electron chi connectivity index (χ0n) is 15.0. The maximum atomic E-state index is 12.3. The van der Waals surface area contributed by atoms with E-state index < -0.39 is 5.60 Å². The maximum absolute atomic E-state index is 12.3. The number of nitrogens with one attached hydrogen (secondary N) is 1. The number of aromatic nitrogens is 1. The number of carbonyl (C=O) groups is 1. The molecule has 3 rings (SSSR count). The van der Waals surface area contributed by atoms with Crippen LogP contribution in [-0.4, -0.2) is 35.6 Å². The van der Waals surface area contributed by atoms with Gasteiger partial charge in [-0.1, -0.05) is 0 Å². The van der Waals surface area contributed by atoms with Crippen molar-refractivity contribution >= 4 is 11.7 Å². The molecular formula is C19H25N3O3. The largest absolute Gasteiger partial charge is 0.466 e. The summed E-state index contributed by atoms with van der Waals surface area (Å²) in [5.41, 5.74) is -0.0212. The van der Waals surface area contributed by atoms with Crippen molar-refractivity contribution < 1.29 is 14.3 Å². The first-order valence-corrected chi connectivity index (χ1v) is 8.66. The number of rotatable bonds is 5. The first-order chi connectivity index (χ1) is 11.9. The molecule has 6 heteroatoms. The van der Waals surface area contributed by atoms with Crippen molar-refractivity contribution in [3.63, 3.8) is 0 Å². The van der Waals surface area contributed by atoms with Crippen LogP contribution in [0.2, 0.25) is 0 Å². The SMILES string of the molecule is Cc1cc(C(C)(O)CNC(=O)c2ccc(N3CCCC3)nc2)c(C)o1. The van der Waals surface area contributed by atoms with Gasteiger partial charge in [-0.15, -0.1) is 0 Å². The first kappa shape index (κ1) is 17.5. The summed E-state index contributed by atoms with van der Waals surface area (Å²) in [7, 11) is 0. The van der Waals surface area contributed by atoms with Crippen LogP contribution in [0.1, 0.15) is 47.2 Å². The summed E-state index contributed by atoms with van der Waals surface area (Å²) >= 11 is 0. The molecule has 2 aromatic rings. The van der Waals surface area contributed by atoms with E-state index in [0.717, 1.165) is 24.7 Å². The molecule has 1 unspecified atom stereocenters. The minimum atomic E-state index is -1.19. The summed E-state index contributed by atoms with van der Waals surface area (Å²) in [5, 5.41) is 13.4. The van der Waals surface area contributed by atoms with Crippen LogP contribution in [0.3, 0.4) is 0 Å². The minimum absolute atomic E-state index is 0.0967. The average molecular weight is 343 g/mol. The topological polar surface area (TPSA) is 78.6 Å². The lowest BCUT2D eigenvalue weighted by Gasteiger charge is -2.23. The van der Waals surface area contributed by atoms with E-state index in [1.807, 2.05) is 13.0 Å². The van der Waals surface area contributed by atoms with E-state index in [0.29, 0.717) is 16.9 Å². The van der Waals surface area contributed by atoms with Crippen molar-refractivity contribution in [3.8, 4) is 0 Å². The molecule has 1 aliphatic rings. The average Bonchev–Trinajstić information content (AvgIpc) is 3.23. The molecule has 1 fully saturated rings. The van der Waals surface area contributed by atoms with Crippen molar-refractivity contribution in [1.82, 2.24) is 10.3 Å². The van der Waals surface area contributed by atoms with Gasteiger partial charge in [0.15, 0.2) is 0 Å². The molecule has 1 aliphatic heterocycles. The van der Waals surface area contributed by atoms with Crippen molar-refractivity contribution in [2.24, 2.45) is 0 Å². The molecule has 2 aromatic heterocycles. The highest BCUT2D eigenvalue weighted by atomic mass is 16.3. The zero-order chi connectivity index (χ0) is 18.0. The number of carbonyl (C=O) groups excluding carboxylic acids is 1. The molecule has 6 nitrogen and oxygen atoms in total. The van der Waals surface area contributed by atoms with Crippen LogP contribution in [0.5, 0.6) is 0 Å². The van der Waals surface area contributed by atoms with Gasteiger partial charge in [-0.2, -0.15) is 0 Å². The number of nitrogens with zero attached hydrogens (tertiary/aromatic N) is 2. The number of aliphatic hydroxyl groups is 1. The Morgan fingerprint density at radius 1 is 1.36 bits per heavy atom. The number of amides is 1. The Bertz CT molecular complexity index is 744. The molecule has 1 amide bonds. The third-order valence-electron chi connectivity index (χ3n) is 4.65. The molecule has 134 valence electrons. The summed E-state index contributed by atoms with van der Waals surface area (Å²) in [5.74, 6) is 2.05. The second-order valence-electron chi connectivity index (χ2n) is 6.88. The normalized spacial score (nSPS) is 16.7. The molecule has 2 N–H and O–H groups in total. The lowest BCUT2D eigenvalue weighted by molar-refractivity contribution is 0.0514. The van der Waals surface area contributed by atoms with Crippen LogP contribution in [0, 0.1) is 13.8 Å². The van der Waals surface area contributed by atoms with Crippen LogP contribution in [0.4, 0.5) is 5.82 Å². The van der Waals surface area contributed by atoms with Gasteiger partial charge in [0.25, 0.3) is 5.91 Å². The molecule has 0 radical (unpaired) electrons. The monoisotopic (exact) mass is 343 g/mol. The van der Waals surface area contributed by atoms with E-state index in [-0.39, 0.29) is 12.5 Å². The number of pyridine rings is 1. The summed E-state index contributed by atoms with van der Waals surface area (Å²) in [6.07, 6.45) is 3.96. The van der Waals surface area contributed by atoms with Gasteiger partial charge in [0.1, 0.15) is 22.9 Å². The van der Waals surface area contributed by atoms with Crippen LogP contribution >= 0.6 is 0 Å². The number of furan rings is 1. The molecule has 0 bridgehead atoms. The van der Waals surface area contributed by atoms with E-state index in [4.69, 9.17) is 4.42 Å². The lowest BCUT2D eigenvalue weighted by Crippen LogP contribution is -2.38. The van der Waals surface area contributed by atoms with Gasteiger partial charge in [0.2, 0.25) is 0 Å². The fourth-order valence-electron chi connectivity index (χ4n) is 3.27. The fourth-order valence-corrected chi connectivity index (χ4v) is 3.27. The predicted molar refractivity (Wildman–Crippen MR) is 95.8 cm³/mol. The van der Waals surface area contributed by atoms with E-state index >= 15 is 0 Å². The molecule has 1 atom stereocenters. The second kappa shape index (κ2) is 6.88. The highest BCUT2D eigenvalue weighted by Crippen LogP contribution is 2.26. The molecule has 0 aromatic carbocycles. The fraction of sp³-hybridized carbons (Fsp3) is 0.474. The molecule has 0 aliphatic carbocycles. The molecule has 0 saturated carbocycles. The number of anilines is 1. The highest BCUT2D eigenvalue weighted by molar-refractivity contribution is 5.94. The van der Waals surface area contributed by atoms with Gasteiger partial charge < -0.3 is 19.7 Å². The lowest BCUT2D eigenvalue weighted by atomic mass is 9.96. The van der Waals surface area contributed by atoms with Gasteiger partial charge in [-0.05, 0) is 51.8 Å². The summed E-state index contributed by atoms with van der Waals surface area (Å²) in [6, 6.07) is 5.45. The van der Waals surface area contributed by atoms with Gasteiger partial charge in [0.05, 0.1) is 12.1 Å². The van der Waals surface area contributed by atoms with Crippen molar-refractivity contribution in [2.45, 2.75) is 39.2 Å². The standard InChI is InChI=1S/C19H25N3O3/c1-13-10-16(14(2)25-13)19(3,24)12-21-18(23)15-6-7-17(20-11-15)22-8-4-5-9-22/h6-7,10-11,24H,4-5,8-9,12H2,1-3H3,(H,21,23).